The predicted molar refractivity (Wildman–Crippen MR) is 35.3 cm³/mol. The molecule has 0 atom stereocenters. The second-order valence-electron chi connectivity index (χ2n) is 1.66. The molecule has 0 spiro atoms. The van der Waals surface area contributed by atoms with Crippen molar-refractivity contribution >= 4 is 23.2 Å². The molecular formula is C6H7ClO2. The van der Waals surface area contributed by atoms with Crippen LogP contribution in [0.25, 0.3) is 0 Å². The van der Waals surface area contributed by atoms with Crippen LogP contribution in [0, 0.1) is 0 Å². The maximum atomic E-state index is 10.3. The average molecular weight is 147 g/mol. The average Bonchev–Trinajstić information content (AvgIpc) is 1.63. The first-order valence-electron chi connectivity index (χ1n) is 2.42. The molecule has 0 saturated heterocycles. The van der Waals surface area contributed by atoms with Crippen molar-refractivity contribution in [1.82, 2.24) is 0 Å². The Balaban J connectivity index is 4.17. The maximum Gasteiger partial charge on any atom is 0.171 e. The van der Waals surface area contributed by atoms with Gasteiger partial charge in [-0.3, -0.25) is 9.59 Å². The smallest absolute Gasteiger partial charge is 0.171 e. The number of rotatable bonds is 2. The van der Waals surface area contributed by atoms with Crippen molar-refractivity contribution in [2.24, 2.45) is 0 Å². The highest BCUT2D eigenvalue weighted by atomic mass is 35.5. The van der Waals surface area contributed by atoms with Crippen molar-refractivity contribution in [3.05, 3.63) is 11.1 Å². The number of halogens is 1. The molecule has 0 heterocycles. The molecule has 3 heteroatoms. The van der Waals surface area contributed by atoms with Crippen LogP contribution in [0.5, 0.6) is 0 Å². The van der Waals surface area contributed by atoms with Gasteiger partial charge in [0.1, 0.15) is 0 Å². The Hall–Kier alpha value is -0.630. The summed E-state index contributed by atoms with van der Waals surface area (Å²) < 4.78 is 0. The molecule has 0 fully saturated rings. The first-order valence-corrected chi connectivity index (χ1v) is 2.80. The van der Waals surface area contributed by atoms with Gasteiger partial charge in [-0.2, -0.15) is 0 Å². The fourth-order valence-electron chi connectivity index (χ4n) is 0.280. The molecular weight excluding hydrogens is 140 g/mol. The summed E-state index contributed by atoms with van der Waals surface area (Å²) in [5, 5.41) is -0.0116. The van der Waals surface area contributed by atoms with Crippen LogP contribution >= 0.6 is 11.6 Å². The summed E-state index contributed by atoms with van der Waals surface area (Å²) >= 11 is 5.30. The lowest BCUT2D eigenvalue weighted by Gasteiger charge is -1.85. The van der Waals surface area contributed by atoms with Crippen LogP contribution in [-0.2, 0) is 9.59 Å². The summed E-state index contributed by atoms with van der Waals surface area (Å²) in [6.07, 6.45) is 1.10. The number of allylic oxidation sites excluding steroid dienone is 2. The summed E-state index contributed by atoms with van der Waals surface area (Å²) in [6.45, 7) is 2.65. The Morgan fingerprint density at radius 1 is 1.33 bits per heavy atom. The second-order valence-corrected chi connectivity index (χ2v) is 2.07. The number of carbonyl (C=O) groups excluding carboxylic acids is 2. The van der Waals surface area contributed by atoms with E-state index in [2.05, 4.69) is 0 Å². The summed E-state index contributed by atoms with van der Waals surface area (Å²) in [7, 11) is 0. The van der Waals surface area contributed by atoms with Gasteiger partial charge in [0, 0.05) is 13.0 Å². The van der Waals surface area contributed by atoms with Crippen LogP contribution in [0.3, 0.4) is 0 Å². The second kappa shape index (κ2) is 3.41. The van der Waals surface area contributed by atoms with Gasteiger partial charge in [0.25, 0.3) is 0 Å². The molecule has 0 bridgehead atoms. The Labute approximate surface area is 58.5 Å². The largest absolute Gasteiger partial charge is 0.295 e. The summed E-state index contributed by atoms with van der Waals surface area (Å²) in [5.41, 5.74) is 0. The minimum Gasteiger partial charge on any atom is -0.295 e. The molecule has 0 radical (unpaired) electrons. The Morgan fingerprint density at radius 3 is 1.89 bits per heavy atom. The van der Waals surface area contributed by atoms with E-state index in [-0.39, 0.29) is 16.6 Å². The Kier molecular flexibility index (Phi) is 3.17. The van der Waals surface area contributed by atoms with Gasteiger partial charge in [0.2, 0.25) is 0 Å². The van der Waals surface area contributed by atoms with Gasteiger partial charge >= 0.3 is 0 Å². The highest BCUT2D eigenvalue weighted by Gasteiger charge is 1.98. The Bertz CT molecular complexity index is 170. The third-order valence-corrected chi connectivity index (χ3v) is 1.04. The third kappa shape index (κ3) is 3.91. The van der Waals surface area contributed by atoms with E-state index in [1.807, 2.05) is 0 Å². The van der Waals surface area contributed by atoms with Crippen LogP contribution in [-0.4, -0.2) is 11.6 Å². The van der Waals surface area contributed by atoms with Crippen molar-refractivity contribution in [2.75, 3.05) is 0 Å². The van der Waals surface area contributed by atoms with Gasteiger partial charge in [0.15, 0.2) is 11.6 Å². The van der Waals surface area contributed by atoms with Gasteiger partial charge in [-0.1, -0.05) is 11.6 Å². The minimum absolute atomic E-state index is 0.0116. The van der Waals surface area contributed by atoms with E-state index in [0.717, 1.165) is 6.08 Å². The lowest BCUT2D eigenvalue weighted by molar-refractivity contribution is -0.115. The van der Waals surface area contributed by atoms with Gasteiger partial charge < -0.3 is 0 Å². The number of hydrogen-bond donors (Lipinski definition) is 0. The molecule has 9 heavy (non-hydrogen) atoms. The zero-order valence-corrected chi connectivity index (χ0v) is 6.03. The topological polar surface area (TPSA) is 34.1 Å². The predicted octanol–water partition coefficient (Wildman–Crippen LogP) is 1.29. The summed E-state index contributed by atoms with van der Waals surface area (Å²) in [4.78, 5) is 20.6. The van der Waals surface area contributed by atoms with Gasteiger partial charge in [0.05, 0.1) is 5.03 Å². The molecule has 0 amide bonds. The van der Waals surface area contributed by atoms with E-state index in [1.54, 1.807) is 0 Å². The fourth-order valence-corrected chi connectivity index (χ4v) is 0.434. The van der Waals surface area contributed by atoms with Crippen LogP contribution < -0.4 is 0 Å². The zero-order chi connectivity index (χ0) is 7.44. The number of carbonyl (C=O) groups is 2. The summed E-state index contributed by atoms with van der Waals surface area (Å²) in [5.74, 6) is -0.498. The van der Waals surface area contributed by atoms with Crippen LogP contribution in [0.1, 0.15) is 13.8 Å². The molecule has 0 aromatic carbocycles. The van der Waals surface area contributed by atoms with E-state index >= 15 is 0 Å². The zero-order valence-electron chi connectivity index (χ0n) is 5.27. The molecule has 0 aromatic rings. The normalized spacial score (nSPS) is 11.2. The highest BCUT2D eigenvalue weighted by Crippen LogP contribution is 2.01. The van der Waals surface area contributed by atoms with Crippen LogP contribution in [0.4, 0.5) is 0 Å². The Morgan fingerprint density at radius 2 is 1.78 bits per heavy atom. The van der Waals surface area contributed by atoms with Crippen LogP contribution in [0.2, 0.25) is 0 Å². The number of Topliss-reactive ketones (excluding diaryl/α,β-unsaturated/α-hetero) is 1. The standard InChI is InChI=1S/C6H7ClO2/c1-4(8)3-6(7)5(2)9/h3H,1-2H3. The lowest BCUT2D eigenvalue weighted by atomic mass is 10.3. The van der Waals surface area contributed by atoms with Gasteiger partial charge in [-0.05, 0) is 6.92 Å². The third-order valence-electron chi connectivity index (χ3n) is 0.666. The van der Waals surface area contributed by atoms with E-state index < -0.39 is 0 Å². The van der Waals surface area contributed by atoms with E-state index in [4.69, 9.17) is 11.6 Å². The van der Waals surface area contributed by atoms with Crippen molar-refractivity contribution in [2.45, 2.75) is 13.8 Å². The van der Waals surface area contributed by atoms with Crippen LogP contribution in [0.15, 0.2) is 11.1 Å². The van der Waals surface area contributed by atoms with Crippen molar-refractivity contribution < 1.29 is 9.59 Å². The van der Waals surface area contributed by atoms with Crippen molar-refractivity contribution in [1.29, 1.82) is 0 Å². The lowest BCUT2D eigenvalue weighted by Crippen LogP contribution is -1.92. The van der Waals surface area contributed by atoms with E-state index in [0.29, 0.717) is 0 Å². The van der Waals surface area contributed by atoms with E-state index in [1.165, 1.54) is 13.8 Å². The molecule has 0 aliphatic carbocycles. The number of hydrogen-bond acceptors (Lipinski definition) is 2. The highest BCUT2D eigenvalue weighted by molar-refractivity contribution is 6.43. The molecule has 2 nitrogen and oxygen atoms in total. The fraction of sp³-hybridized carbons (Fsp3) is 0.333. The number of ketones is 2. The summed E-state index contributed by atoms with van der Waals surface area (Å²) in [6, 6.07) is 0. The molecule has 0 saturated carbocycles. The monoisotopic (exact) mass is 146 g/mol. The molecule has 0 rings (SSSR count). The maximum absolute atomic E-state index is 10.3. The molecule has 0 aliphatic rings. The van der Waals surface area contributed by atoms with Gasteiger partial charge in [-0.15, -0.1) is 0 Å². The minimum atomic E-state index is -0.285. The van der Waals surface area contributed by atoms with E-state index in [9.17, 15) is 9.59 Å². The first-order chi connectivity index (χ1) is 4.04. The molecule has 0 unspecified atom stereocenters. The molecule has 0 aromatic heterocycles. The molecule has 0 N–H and O–H groups in total. The SMILES string of the molecule is CC(=O)C=C(Cl)C(C)=O. The molecule has 50 valence electrons. The van der Waals surface area contributed by atoms with Crippen molar-refractivity contribution in [3.63, 3.8) is 0 Å². The van der Waals surface area contributed by atoms with Crippen molar-refractivity contribution in [3.8, 4) is 0 Å². The molecule has 0 aliphatic heterocycles. The quantitative estimate of drug-likeness (QED) is 0.550. The van der Waals surface area contributed by atoms with Gasteiger partial charge in [-0.25, -0.2) is 0 Å². The first kappa shape index (κ1) is 8.37.